The van der Waals surface area contributed by atoms with Gasteiger partial charge in [-0.1, -0.05) is 11.6 Å². The number of hydrogen-bond acceptors (Lipinski definition) is 4. The fourth-order valence-electron chi connectivity index (χ4n) is 1.54. The summed E-state index contributed by atoms with van der Waals surface area (Å²) in [7, 11) is 0. The number of carbonyl (C=O) groups excluding carboxylic acids is 1. The minimum Gasteiger partial charge on any atom is -0.466 e. The maximum atomic E-state index is 11.5. The number of ether oxygens (including phenoxy) is 1. The van der Waals surface area contributed by atoms with Crippen molar-refractivity contribution in [3.8, 4) is 0 Å². The minimum atomic E-state index is -0.435. The van der Waals surface area contributed by atoms with E-state index in [0.29, 0.717) is 16.4 Å². The Bertz CT molecular complexity index is 620. The molecule has 0 radical (unpaired) electrons. The number of H-pyrrole nitrogens is 1. The van der Waals surface area contributed by atoms with Gasteiger partial charge in [0.1, 0.15) is 0 Å². The molecular formula is C10H11Cl2N3O3. The maximum Gasteiger partial charge on any atom is 0.348 e. The van der Waals surface area contributed by atoms with Crippen molar-refractivity contribution in [3.05, 3.63) is 33.3 Å². The van der Waals surface area contributed by atoms with E-state index in [1.54, 1.807) is 19.1 Å². The van der Waals surface area contributed by atoms with E-state index in [0.717, 1.165) is 0 Å². The van der Waals surface area contributed by atoms with Crippen molar-refractivity contribution in [2.45, 2.75) is 13.3 Å². The Morgan fingerprint density at radius 1 is 1.56 bits per heavy atom. The maximum absolute atomic E-state index is 11.5. The zero-order valence-electron chi connectivity index (χ0n) is 9.47. The fourth-order valence-corrected chi connectivity index (χ4v) is 1.76. The van der Waals surface area contributed by atoms with Gasteiger partial charge in [-0.15, -0.1) is 12.4 Å². The molecule has 98 valence electrons. The molecule has 0 aliphatic heterocycles. The summed E-state index contributed by atoms with van der Waals surface area (Å²) in [5.74, 6) is -0.435. The van der Waals surface area contributed by atoms with Crippen LogP contribution in [0, 0.1) is 0 Å². The van der Waals surface area contributed by atoms with Crippen molar-refractivity contribution in [3.63, 3.8) is 0 Å². The number of fused-ring (bicyclic) bond motifs is 1. The molecule has 8 heteroatoms. The van der Waals surface area contributed by atoms with E-state index in [1.807, 2.05) is 0 Å². The van der Waals surface area contributed by atoms with Crippen LogP contribution in [0.3, 0.4) is 0 Å². The van der Waals surface area contributed by atoms with E-state index in [2.05, 4.69) is 10.2 Å². The van der Waals surface area contributed by atoms with Gasteiger partial charge in [0.25, 0.3) is 0 Å². The molecule has 0 aliphatic rings. The molecule has 0 unspecified atom stereocenters. The number of carbonyl (C=O) groups is 1. The van der Waals surface area contributed by atoms with Crippen LogP contribution in [-0.4, -0.2) is 27.2 Å². The summed E-state index contributed by atoms with van der Waals surface area (Å²) in [4.78, 5) is 22.9. The minimum absolute atomic E-state index is 0. The Morgan fingerprint density at radius 3 is 2.94 bits per heavy atom. The molecule has 2 heterocycles. The number of hydrogen-bond donors (Lipinski definition) is 1. The Morgan fingerprint density at radius 2 is 2.28 bits per heavy atom. The van der Waals surface area contributed by atoms with E-state index in [1.165, 1.54) is 4.40 Å². The monoisotopic (exact) mass is 291 g/mol. The predicted octanol–water partition coefficient (Wildman–Crippen LogP) is 1.20. The highest BCUT2D eigenvalue weighted by Gasteiger charge is 2.14. The van der Waals surface area contributed by atoms with Gasteiger partial charge in [0.05, 0.1) is 23.7 Å². The quantitative estimate of drug-likeness (QED) is 0.862. The fraction of sp³-hybridized carbons (Fsp3) is 0.300. The lowest BCUT2D eigenvalue weighted by Crippen LogP contribution is -2.18. The van der Waals surface area contributed by atoms with Gasteiger partial charge in [0, 0.05) is 0 Å². The molecule has 0 amide bonds. The summed E-state index contributed by atoms with van der Waals surface area (Å²) in [6.07, 6.45) is -0.0660. The van der Waals surface area contributed by atoms with Crippen molar-refractivity contribution < 1.29 is 9.53 Å². The van der Waals surface area contributed by atoms with Gasteiger partial charge in [-0.3, -0.25) is 4.79 Å². The molecule has 2 aromatic rings. The van der Waals surface area contributed by atoms with Crippen molar-refractivity contribution in [1.82, 2.24) is 14.6 Å². The topological polar surface area (TPSA) is 76.5 Å². The molecule has 0 aromatic carbocycles. The summed E-state index contributed by atoms with van der Waals surface area (Å²) in [5, 5.41) is 6.41. The molecule has 0 spiro atoms. The van der Waals surface area contributed by atoms with E-state index in [-0.39, 0.29) is 25.4 Å². The number of nitrogens with zero attached hydrogens (tertiary/aromatic N) is 2. The number of rotatable bonds is 3. The highest BCUT2D eigenvalue weighted by molar-refractivity contribution is 6.31. The molecule has 2 rings (SSSR count). The lowest BCUT2D eigenvalue weighted by molar-refractivity contribution is -0.142. The summed E-state index contributed by atoms with van der Waals surface area (Å²) >= 11 is 5.97. The first kappa shape index (κ1) is 14.5. The third-order valence-corrected chi connectivity index (χ3v) is 2.58. The van der Waals surface area contributed by atoms with Crippen molar-refractivity contribution >= 4 is 35.6 Å². The van der Waals surface area contributed by atoms with E-state index >= 15 is 0 Å². The molecule has 6 nitrogen and oxygen atoms in total. The average Bonchev–Trinajstić information content (AvgIpc) is 2.65. The molecule has 2 aromatic heterocycles. The van der Waals surface area contributed by atoms with Crippen molar-refractivity contribution in [1.29, 1.82) is 0 Å². The summed E-state index contributed by atoms with van der Waals surface area (Å²) < 4.78 is 6.09. The number of pyridine rings is 1. The summed E-state index contributed by atoms with van der Waals surface area (Å²) in [6.45, 7) is 2.00. The molecule has 0 bridgehead atoms. The molecule has 18 heavy (non-hydrogen) atoms. The van der Waals surface area contributed by atoms with Crippen molar-refractivity contribution in [2.75, 3.05) is 6.61 Å². The van der Waals surface area contributed by atoms with Gasteiger partial charge in [0.15, 0.2) is 5.65 Å². The van der Waals surface area contributed by atoms with Crippen LogP contribution in [-0.2, 0) is 16.0 Å². The largest absolute Gasteiger partial charge is 0.466 e. The zero-order chi connectivity index (χ0) is 12.4. The first-order valence-corrected chi connectivity index (χ1v) is 5.41. The van der Waals surface area contributed by atoms with Crippen LogP contribution in [0.4, 0.5) is 0 Å². The molecule has 0 aliphatic carbocycles. The average molecular weight is 292 g/mol. The molecular weight excluding hydrogens is 281 g/mol. The third kappa shape index (κ3) is 2.65. The van der Waals surface area contributed by atoms with Gasteiger partial charge in [0.2, 0.25) is 0 Å². The molecule has 0 atom stereocenters. The Balaban J connectivity index is 0.00000162. The predicted molar refractivity (Wildman–Crippen MR) is 68.4 cm³/mol. The highest BCUT2D eigenvalue weighted by atomic mass is 35.5. The standard InChI is InChI=1S/C10H10ClN3O3.ClH/c1-2-17-9(15)5-7-6(11)3-4-8-12-13-10(16)14(7)8;/h3-4H,2,5H2,1H3,(H,13,16);1H. The van der Waals surface area contributed by atoms with Crippen LogP contribution in [0.25, 0.3) is 5.65 Å². The smallest absolute Gasteiger partial charge is 0.348 e. The molecule has 1 N–H and O–H groups in total. The Labute approximate surface area is 113 Å². The second-order valence-electron chi connectivity index (χ2n) is 3.33. The molecule has 0 fully saturated rings. The van der Waals surface area contributed by atoms with E-state index in [9.17, 15) is 9.59 Å². The van der Waals surface area contributed by atoms with E-state index in [4.69, 9.17) is 16.3 Å². The SMILES string of the molecule is CCOC(=O)Cc1c(Cl)ccc2n[nH]c(=O)n12.Cl. The van der Waals surface area contributed by atoms with Gasteiger partial charge in [-0.25, -0.2) is 14.3 Å². The Kier molecular flexibility index (Phi) is 4.75. The van der Waals surface area contributed by atoms with Gasteiger partial charge in [-0.05, 0) is 19.1 Å². The first-order chi connectivity index (χ1) is 8.13. The highest BCUT2D eigenvalue weighted by Crippen LogP contribution is 2.16. The normalized spacial score (nSPS) is 10.1. The molecule has 0 saturated heterocycles. The van der Waals surface area contributed by atoms with Crippen molar-refractivity contribution in [2.24, 2.45) is 0 Å². The van der Waals surface area contributed by atoms with Gasteiger partial charge >= 0.3 is 11.7 Å². The number of halogens is 2. The number of aromatic amines is 1. The number of esters is 1. The first-order valence-electron chi connectivity index (χ1n) is 5.03. The van der Waals surface area contributed by atoms with E-state index < -0.39 is 11.7 Å². The van der Waals surface area contributed by atoms with Crippen LogP contribution < -0.4 is 5.69 Å². The van der Waals surface area contributed by atoms with Gasteiger partial charge in [-0.2, -0.15) is 5.10 Å². The number of nitrogens with one attached hydrogen (secondary N) is 1. The molecule has 0 saturated carbocycles. The number of aromatic nitrogens is 3. The summed E-state index contributed by atoms with van der Waals surface area (Å²) in [5.41, 5.74) is 0.363. The second kappa shape index (κ2) is 5.88. The van der Waals surface area contributed by atoms with Crippen LogP contribution in [0.1, 0.15) is 12.6 Å². The van der Waals surface area contributed by atoms with Gasteiger partial charge < -0.3 is 4.74 Å². The second-order valence-corrected chi connectivity index (χ2v) is 3.74. The summed E-state index contributed by atoms with van der Waals surface area (Å²) in [6, 6.07) is 3.18. The Hall–Kier alpha value is -1.53. The van der Waals surface area contributed by atoms with Crippen LogP contribution in [0.15, 0.2) is 16.9 Å². The third-order valence-electron chi connectivity index (χ3n) is 2.24. The lowest BCUT2D eigenvalue weighted by Gasteiger charge is -2.06. The zero-order valence-corrected chi connectivity index (χ0v) is 11.0. The van der Waals surface area contributed by atoms with Crippen LogP contribution in [0.5, 0.6) is 0 Å². The van der Waals surface area contributed by atoms with Crippen LogP contribution >= 0.6 is 24.0 Å². The lowest BCUT2D eigenvalue weighted by atomic mass is 10.2. The van der Waals surface area contributed by atoms with Crippen LogP contribution in [0.2, 0.25) is 5.02 Å².